The van der Waals surface area contributed by atoms with Gasteiger partial charge in [-0.2, -0.15) is 0 Å². The number of nitrogens with zero attached hydrogens (tertiary/aromatic N) is 1. The zero-order valence-corrected chi connectivity index (χ0v) is 12.5. The van der Waals surface area contributed by atoms with Crippen LogP contribution in [0.15, 0.2) is 30.3 Å². The van der Waals surface area contributed by atoms with Crippen molar-refractivity contribution in [2.24, 2.45) is 5.92 Å². The first kappa shape index (κ1) is 15.2. The van der Waals surface area contributed by atoms with Gasteiger partial charge in [-0.05, 0) is 38.3 Å². The largest absolute Gasteiger partial charge is 0.384 e. The van der Waals surface area contributed by atoms with Gasteiger partial charge in [0.05, 0.1) is 6.04 Å². The smallest absolute Gasteiger partial charge is 0.179 e. The van der Waals surface area contributed by atoms with E-state index in [1.54, 1.807) is 7.11 Å². The molecular formula is C17H25NO2. The van der Waals surface area contributed by atoms with Crippen molar-refractivity contribution in [2.75, 3.05) is 26.8 Å². The average molecular weight is 275 g/mol. The first-order valence-electron chi connectivity index (χ1n) is 7.58. The number of benzene rings is 1. The van der Waals surface area contributed by atoms with Gasteiger partial charge < -0.3 is 4.74 Å². The van der Waals surface area contributed by atoms with Gasteiger partial charge in [0, 0.05) is 19.3 Å². The van der Waals surface area contributed by atoms with E-state index in [4.69, 9.17) is 4.74 Å². The Kier molecular flexibility index (Phi) is 5.74. The number of piperidine rings is 1. The predicted octanol–water partition coefficient (Wildman–Crippen LogP) is 3.01. The number of ketones is 1. The average Bonchev–Trinajstić information content (AvgIpc) is 2.51. The molecule has 1 aliphatic heterocycles. The zero-order valence-electron chi connectivity index (χ0n) is 12.5. The Bertz CT molecular complexity index is 410. The minimum Gasteiger partial charge on any atom is -0.384 e. The Morgan fingerprint density at radius 2 is 1.95 bits per heavy atom. The summed E-state index contributed by atoms with van der Waals surface area (Å²) in [5.41, 5.74) is 0.832. The lowest BCUT2D eigenvalue weighted by Crippen LogP contribution is -2.45. The van der Waals surface area contributed by atoms with E-state index in [1.807, 2.05) is 30.3 Å². The fourth-order valence-corrected chi connectivity index (χ4v) is 3.07. The van der Waals surface area contributed by atoms with Gasteiger partial charge in [-0.15, -0.1) is 0 Å². The van der Waals surface area contributed by atoms with E-state index < -0.39 is 0 Å². The molecular weight excluding hydrogens is 250 g/mol. The van der Waals surface area contributed by atoms with Crippen LogP contribution in [0, 0.1) is 5.92 Å². The molecule has 0 radical (unpaired) electrons. The minimum atomic E-state index is 0.0286. The molecule has 1 aromatic carbocycles. The van der Waals surface area contributed by atoms with Crippen molar-refractivity contribution in [3.63, 3.8) is 0 Å². The summed E-state index contributed by atoms with van der Waals surface area (Å²) in [5, 5.41) is 0. The van der Waals surface area contributed by atoms with Crippen LogP contribution in [0.2, 0.25) is 0 Å². The summed E-state index contributed by atoms with van der Waals surface area (Å²) in [5.74, 6) is 0.916. The molecule has 0 aliphatic carbocycles. The highest BCUT2D eigenvalue weighted by Gasteiger charge is 2.28. The number of methoxy groups -OCH3 is 1. The molecule has 1 fully saturated rings. The van der Waals surface area contributed by atoms with E-state index in [0.717, 1.165) is 44.5 Å². The van der Waals surface area contributed by atoms with Gasteiger partial charge in [-0.25, -0.2) is 0 Å². The van der Waals surface area contributed by atoms with Crippen LogP contribution in [-0.2, 0) is 4.74 Å². The van der Waals surface area contributed by atoms with E-state index in [-0.39, 0.29) is 11.8 Å². The highest BCUT2D eigenvalue weighted by atomic mass is 16.5. The second-order valence-corrected chi connectivity index (χ2v) is 5.59. The molecule has 1 aromatic rings. The van der Waals surface area contributed by atoms with Gasteiger partial charge in [0.25, 0.3) is 0 Å². The van der Waals surface area contributed by atoms with Crippen LogP contribution < -0.4 is 0 Å². The van der Waals surface area contributed by atoms with Gasteiger partial charge >= 0.3 is 0 Å². The van der Waals surface area contributed by atoms with Crippen LogP contribution in [-0.4, -0.2) is 43.5 Å². The lowest BCUT2D eigenvalue weighted by atomic mass is 9.93. The Morgan fingerprint density at radius 3 is 2.50 bits per heavy atom. The number of Topliss-reactive ketones (excluding diaryl/α,β-unsaturated/α-hetero) is 1. The summed E-state index contributed by atoms with van der Waals surface area (Å²) in [6.07, 6.45) is 3.14. The maximum absolute atomic E-state index is 12.6. The molecule has 1 unspecified atom stereocenters. The second-order valence-electron chi connectivity index (χ2n) is 5.59. The van der Waals surface area contributed by atoms with Crippen LogP contribution >= 0.6 is 0 Å². The van der Waals surface area contributed by atoms with Crippen molar-refractivity contribution in [2.45, 2.75) is 32.2 Å². The fraction of sp³-hybridized carbons (Fsp3) is 0.588. The number of carbonyl (C=O) groups excluding carboxylic acids is 1. The number of likely N-dealkylation sites (tertiary alicyclic amines) is 1. The minimum absolute atomic E-state index is 0.0286. The predicted molar refractivity (Wildman–Crippen MR) is 81.0 cm³/mol. The molecule has 1 heterocycles. The molecule has 0 bridgehead atoms. The molecule has 0 saturated carbocycles. The number of rotatable bonds is 6. The van der Waals surface area contributed by atoms with Gasteiger partial charge in [0.1, 0.15) is 0 Å². The number of carbonyl (C=O) groups is 1. The Morgan fingerprint density at radius 1 is 1.30 bits per heavy atom. The second kappa shape index (κ2) is 7.55. The van der Waals surface area contributed by atoms with E-state index in [2.05, 4.69) is 11.8 Å². The Balaban J connectivity index is 1.97. The summed E-state index contributed by atoms with van der Waals surface area (Å²) >= 11 is 0. The van der Waals surface area contributed by atoms with Crippen molar-refractivity contribution in [1.29, 1.82) is 0 Å². The molecule has 2 rings (SSSR count). The highest BCUT2D eigenvalue weighted by Crippen LogP contribution is 2.22. The quantitative estimate of drug-likeness (QED) is 0.747. The van der Waals surface area contributed by atoms with E-state index >= 15 is 0 Å². The molecule has 1 saturated heterocycles. The van der Waals surface area contributed by atoms with E-state index in [9.17, 15) is 4.79 Å². The van der Waals surface area contributed by atoms with Gasteiger partial charge in [0.2, 0.25) is 0 Å². The van der Waals surface area contributed by atoms with Crippen LogP contribution in [0.1, 0.15) is 36.5 Å². The van der Waals surface area contributed by atoms with Crippen LogP contribution in [0.5, 0.6) is 0 Å². The Hall–Kier alpha value is -1.19. The van der Waals surface area contributed by atoms with Gasteiger partial charge in [-0.1, -0.05) is 37.3 Å². The molecule has 0 N–H and O–H groups in total. The van der Waals surface area contributed by atoms with Crippen molar-refractivity contribution in [3.05, 3.63) is 35.9 Å². The summed E-state index contributed by atoms with van der Waals surface area (Å²) in [4.78, 5) is 15.0. The first-order chi connectivity index (χ1) is 9.76. The fourth-order valence-electron chi connectivity index (χ4n) is 3.07. The molecule has 20 heavy (non-hydrogen) atoms. The monoisotopic (exact) mass is 275 g/mol. The Labute approximate surface area is 121 Å². The third kappa shape index (κ3) is 3.68. The standard InChI is InChI=1S/C17H25NO2/c1-3-16(17(19)15-7-5-4-6-8-15)18-11-9-14(10-12-18)13-20-2/h4-8,14,16H,3,9-13H2,1-2H3. The van der Waals surface area contributed by atoms with E-state index in [0.29, 0.717) is 5.92 Å². The summed E-state index contributed by atoms with van der Waals surface area (Å²) in [6, 6.07) is 9.69. The van der Waals surface area contributed by atoms with Crippen LogP contribution in [0.4, 0.5) is 0 Å². The third-order valence-corrected chi connectivity index (χ3v) is 4.24. The summed E-state index contributed by atoms with van der Waals surface area (Å²) in [6.45, 7) is 4.96. The van der Waals surface area contributed by atoms with Crippen molar-refractivity contribution < 1.29 is 9.53 Å². The van der Waals surface area contributed by atoms with Crippen molar-refractivity contribution >= 4 is 5.78 Å². The molecule has 3 heteroatoms. The molecule has 1 atom stereocenters. The normalized spacial score (nSPS) is 18.9. The van der Waals surface area contributed by atoms with Gasteiger partial charge in [-0.3, -0.25) is 9.69 Å². The van der Waals surface area contributed by atoms with Crippen LogP contribution in [0.25, 0.3) is 0 Å². The maximum atomic E-state index is 12.6. The highest BCUT2D eigenvalue weighted by molar-refractivity contribution is 6.00. The topological polar surface area (TPSA) is 29.5 Å². The van der Waals surface area contributed by atoms with Gasteiger partial charge in [0.15, 0.2) is 5.78 Å². The molecule has 0 spiro atoms. The first-order valence-corrected chi connectivity index (χ1v) is 7.58. The summed E-state index contributed by atoms with van der Waals surface area (Å²) in [7, 11) is 1.76. The molecule has 1 aliphatic rings. The third-order valence-electron chi connectivity index (χ3n) is 4.24. The molecule has 110 valence electrons. The molecule has 3 nitrogen and oxygen atoms in total. The number of ether oxygens (including phenoxy) is 1. The zero-order chi connectivity index (χ0) is 14.4. The lowest BCUT2D eigenvalue weighted by Gasteiger charge is -2.36. The molecule has 0 aromatic heterocycles. The number of hydrogen-bond donors (Lipinski definition) is 0. The van der Waals surface area contributed by atoms with Crippen molar-refractivity contribution in [3.8, 4) is 0 Å². The maximum Gasteiger partial charge on any atom is 0.179 e. The lowest BCUT2D eigenvalue weighted by molar-refractivity contribution is 0.0621. The van der Waals surface area contributed by atoms with E-state index in [1.165, 1.54) is 0 Å². The summed E-state index contributed by atoms with van der Waals surface area (Å²) < 4.78 is 5.23. The number of hydrogen-bond acceptors (Lipinski definition) is 3. The molecule has 0 amide bonds. The van der Waals surface area contributed by atoms with Crippen LogP contribution in [0.3, 0.4) is 0 Å². The van der Waals surface area contributed by atoms with Crippen molar-refractivity contribution in [1.82, 2.24) is 4.90 Å². The SMILES string of the molecule is CCC(C(=O)c1ccccc1)N1CCC(COC)CC1.